The van der Waals surface area contributed by atoms with Gasteiger partial charge in [-0.05, 0) is 98.2 Å². The van der Waals surface area contributed by atoms with Crippen molar-refractivity contribution in [3.05, 3.63) is 11.6 Å². The number of carbonyl (C=O) groups is 1. The van der Waals surface area contributed by atoms with Crippen molar-refractivity contribution in [2.24, 2.45) is 62.6 Å². The number of alkyl carbamates (subject to hydrolysis) is 1. The van der Waals surface area contributed by atoms with E-state index in [0.717, 1.165) is 48.9 Å². The van der Waals surface area contributed by atoms with Crippen LogP contribution in [0.1, 0.15) is 118 Å². The number of nitrogens with one attached hydrogen (secondary N) is 3. The Kier molecular flexibility index (Phi) is 17.7. The zero-order chi connectivity index (χ0) is 38.5. The van der Waals surface area contributed by atoms with Gasteiger partial charge in [0.15, 0.2) is 5.96 Å². The summed E-state index contributed by atoms with van der Waals surface area (Å²) in [5, 5.41) is 13.1. The topological polar surface area (TPSA) is 200 Å². The number of hydrogen-bond acceptors (Lipinski definition) is 9. The average Bonchev–Trinajstić information content (AvgIpc) is 3.44. The molecule has 9 N–H and O–H groups in total. The third-order valence-electron chi connectivity index (χ3n) is 12.6. The summed E-state index contributed by atoms with van der Waals surface area (Å²) in [4.78, 5) is 16.6. The molecule has 0 bridgehead atoms. The summed E-state index contributed by atoms with van der Waals surface area (Å²) in [6, 6.07) is 0. The first-order valence-electron chi connectivity index (χ1n) is 20.2. The summed E-state index contributed by atoms with van der Waals surface area (Å²) < 4.78 is 30.0. The molecule has 53 heavy (non-hydrogen) atoms. The summed E-state index contributed by atoms with van der Waals surface area (Å²) in [6.45, 7) is 11.1. The van der Waals surface area contributed by atoms with Crippen molar-refractivity contribution in [3.8, 4) is 0 Å². The van der Waals surface area contributed by atoms with E-state index in [0.29, 0.717) is 42.9 Å². The van der Waals surface area contributed by atoms with Crippen molar-refractivity contribution in [1.82, 2.24) is 10.4 Å². The normalized spacial score (nSPS) is 30.4. The summed E-state index contributed by atoms with van der Waals surface area (Å²) in [7, 11) is -0.361. The largest absolute Gasteiger partial charge is 0.446 e. The third kappa shape index (κ3) is 13.1. The lowest BCUT2D eigenvalue weighted by Crippen LogP contribution is -2.50. The van der Waals surface area contributed by atoms with Gasteiger partial charge in [0.05, 0.1) is 25.6 Å². The van der Waals surface area contributed by atoms with E-state index in [9.17, 15) is 9.36 Å². The Labute approximate surface area is 327 Å². The summed E-state index contributed by atoms with van der Waals surface area (Å²) in [6.07, 6.45) is 18.3. The Morgan fingerprint density at radius 2 is 1.77 bits per heavy atom. The first kappa shape index (κ1) is 44.3. The van der Waals surface area contributed by atoms with Crippen LogP contribution in [0.4, 0.5) is 4.79 Å². The molecule has 0 spiro atoms. The Morgan fingerprint density at radius 1 is 1.02 bits per heavy atom. The lowest BCUT2D eigenvalue weighted by atomic mass is 9.47. The van der Waals surface area contributed by atoms with Crippen LogP contribution < -0.4 is 27.6 Å². The van der Waals surface area contributed by atoms with Crippen LogP contribution in [-0.2, 0) is 18.3 Å². The lowest BCUT2D eigenvalue weighted by molar-refractivity contribution is -0.0519. The van der Waals surface area contributed by atoms with E-state index in [4.69, 9.17) is 36.4 Å². The van der Waals surface area contributed by atoms with Gasteiger partial charge in [-0.2, -0.15) is 0 Å². The first-order chi connectivity index (χ1) is 25.3. The maximum absolute atomic E-state index is 13.1. The Hall–Kier alpha value is -1.44. The first-order valence-corrected chi connectivity index (χ1v) is 24.2. The number of hydrogen-bond donors (Lipinski definition) is 6. The van der Waals surface area contributed by atoms with Crippen molar-refractivity contribution in [2.75, 3.05) is 44.4 Å². The molecule has 0 aliphatic heterocycles. The molecule has 3 fully saturated rings. The fourth-order valence-electron chi connectivity index (χ4n) is 9.90. The quantitative estimate of drug-likeness (QED) is 0.0146. The molecule has 304 valence electrons. The zero-order valence-electron chi connectivity index (χ0n) is 32.9. The van der Waals surface area contributed by atoms with Crippen LogP contribution in [0.25, 0.3) is 0 Å². The van der Waals surface area contributed by atoms with Gasteiger partial charge < -0.3 is 27.3 Å². The molecule has 4 aliphatic rings. The molecule has 8 unspecified atom stereocenters. The van der Waals surface area contributed by atoms with E-state index in [1.54, 1.807) is 27.2 Å². The van der Waals surface area contributed by atoms with E-state index in [1.165, 1.54) is 57.8 Å². The zero-order valence-corrected chi connectivity index (χ0v) is 35.4. The second-order valence-corrected chi connectivity index (χ2v) is 21.1. The van der Waals surface area contributed by atoms with Crippen molar-refractivity contribution in [3.63, 3.8) is 0 Å². The minimum atomic E-state index is -3.58. The maximum atomic E-state index is 13.1. The second kappa shape index (κ2) is 21.2. The molecule has 0 heterocycles. The number of rotatable bonds is 23. The molecule has 4 rings (SSSR count). The van der Waals surface area contributed by atoms with Crippen molar-refractivity contribution >= 4 is 47.2 Å². The van der Waals surface area contributed by atoms with Crippen LogP contribution in [0.2, 0.25) is 0 Å². The standard InChI is InChI=1S/C38H70N7O5PS2/c1-27(2)8-5-6-9-28-12-14-32-31-13-11-29-26-30(15-17-38(29,4)33(31)16-18-37(28,32)3)50-36(46)44-20-24-52-53-25-21-45-51(47,48-22-7-10-34(39)40)49-23-19-43-35(41)42/h11,27-28,30-33H,5-10,12-26H2,1-4H3,(H3,39,40)(H,44,46)(H,45,47)(H4,41,42,43). The lowest BCUT2D eigenvalue weighted by Gasteiger charge is -2.58. The molecule has 0 aromatic heterocycles. The highest BCUT2D eigenvalue weighted by Gasteiger charge is 2.58. The summed E-state index contributed by atoms with van der Waals surface area (Å²) in [5.41, 5.74) is 18.4. The number of ether oxygens (including phenoxy) is 1. The van der Waals surface area contributed by atoms with E-state index in [1.807, 2.05) is 0 Å². The Morgan fingerprint density at radius 3 is 2.51 bits per heavy atom. The summed E-state index contributed by atoms with van der Waals surface area (Å²) in [5.74, 6) is 5.50. The fraction of sp³-hybridized carbons (Fsp3) is 0.868. The van der Waals surface area contributed by atoms with Crippen molar-refractivity contribution < 1.29 is 23.1 Å². The Bertz CT molecular complexity index is 1300. The molecule has 4 aliphatic carbocycles. The van der Waals surface area contributed by atoms with Gasteiger partial charge in [0, 0.05) is 37.4 Å². The van der Waals surface area contributed by atoms with Crippen LogP contribution in [-0.4, -0.2) is 68.3 Å². The second-order valence-electron chi connectivity index (χ2n) is 16.6. The van der Waals surface area contributed by atoms with Crippen LogP contribution in [0.3, 0.4) is 0 Å². The van der Waals surface area contributed by atoms with Gasteiger partial charge in [-0.1, -0.05) is 80.2 Å². The summed E-state index contributed by atoms with van der Waals surface area (Å²) >= 11 is 0. The minimum absolute atomic E-state index is 0.0244. The molecule has 0 aromatic rings. The highest BCUT2D eigenvalue weighted by molar-refractivity contribution is 8.76. The number of amidine groups is 1. The average molecular weight is 800 g/mol. The van der Waals surface area contributed by atoms with Gasteiger partial charge >= 0.3 is 13.8 Å². The van der Waals surface area contributed by atoms with Crippen LogP contribution in [0, 0.1) is 45.8 Å². The SMILES string of the molecule is CC(C)CCCCC1CCC2C3CC=C4CC(OC(=O)NCCSSCCNP(=O)(OCCCC(=N)N)OCCN=C(N)N)CCC4(C)C3CCC12C. The van der Waals surface area contributed by atoms with Crippen molar-refractivity contribution in [1.29, 1.82) is 5.41 Å². The van der Waals surface area contributed by atoms with Crippen molar-refractivity contribution in [2.45, 2.75) is 124 Å². The molecule has 0 saturated heterocycles. The van der Waals surface area contributed by atoms with Gasteiger partial charge in [0.2, 0.25) is 0 Å². The smallest absolute Gasteiger partial charge is 0.407 e. The molecule has 15 heteroatoms. The fourth-order valence-corrected chi connectivity index (χ4v) is 13.2. The number of allylic oxidation sites excluding steroid dienone is 1. The molecule has 0 radical (unpaired) electrons. The van der Waals surface area contributed by atoms with Crippen LogP contribution >= 0.6 is 29.3 Å². The molecular formula is C38H70N7O5PS2. The molecule has 1 amide bonds. The number of carbonyl (C=O) groups excluding carboxylic acids is 1. The van der Waals surface area contributed by atoms with E-state index in [2.05, 4.69) is 49.2 Å². The van der Waals surface area contributed by atoms with E-state index in [-0.39, 0.29) is 49.2 Å². The van der Waals surface area contributed by atoms with Gasteiger partial charge in [0.1, 0.15) is 6.10 Å². The number of unbranched alkanes of at least 4 members (excludes halogenated alkanes) is 1. The highest BCUT2D eigenvalue weighted by atomic mass is 33.1. The van der Waals surface area contributed by atoms with Crippen LogP contribution in [0.15, 0.2) is 16.6 Å². The molecule has 12 nitrogen and oxygen atoms in total. The number of aliphatic imine (C=N–C) groups is 1. The number of nitrogens with two attached hydrogens (primary N) is 3. The number of fused-ring (bicyclic) bond motifs is 5. The third-order valence-corrected chi connectivity index (χ3v) is 16.7. The minimum Gasteiger partial charge on any atom is -0.446 e. The van der Waals surface area contributed by atoms with Gasteiger partial charge in [-0.15, -0.1) is 0 Å². The van der Waals surface area contributed by atoms with E-state index < -0.39 is 7.75 Å². The van der Waals surface area contributed by atoms with Gasteiger partial charge in [-0.25, -0.2) is 14.4 Å². The predicted molar refractivity (Wildman–Crippen MR) is 221 cm³/mol. The van der Waals surface area contributed by atoms with Crippen LogP contribution in [0.5, 0.6) is 0 Å². The highest BCUT2D eigenvalue weighted by Crippen LogP contribution is 2.67. The molecular weight excluding hydrogens is 730 g/mol. The van der Waals surface area contributed by atoms with Gasteiger partial charge in [-0.3, -0.25) is 19.4 Å². The number of guanidine groups is 1. The monoisotopic (exact) mass is 799 g/mol. The van der Waals surface area contributed by atoms with E-state index >= 15 is 0 Å². The maximum Gasteiger partial charge on any atom is 0.407 e. The van der Waals surface area contributed by atoms with Gasteiger partial charge in [0.25, 0.3) is 0 Å². The molecule has 8 atom stereocenters. The predicted octanol–water partition coefficient (Wildman–Crippen LogP) is 7.98. The molecule has 0 aromatic carbocycles. The Balaban J connectivity index is 1.12. The number of nitrogens with zero attached hydrogens (tertiary/aromatic N) is 1. The number of amides is 1. The molecule has 3 saturated carbocycles.